The number of hydrogen-bond donors (Lipinski definition) is 0. The molecule has 34 heavy (non-hydrogen) atoms. The van der Waals surface area contributed by atoms with E-state index >= 15 is 0 Å². The average molecular weight is 447 g/mol. The molecule has 0 aliphatic rings. The highest BCUT2D eigenvalue weighted by Gasteiger charge is 2.12. The van der Waals surface area contributed by atoms with Crippen LogP contribution in [0.2, 0.25) is 0 Å². The molecule has 0 fully saturated rings. The van der Waals surface area contributed by atoms with Crippen LogP contribution in [0.4, 0.5) is 0 Å². The summed E-state index contributed by atoms with van der Waals surface area (Å²) in [7, 11) is 0. The van der Waals surface area contributed by atoms with E-state index in [9.17, 15) is 0 Å². The fourth-order valence-corrected chi connectivity index (χ4v) is 3.88. The van der Waals surface area contributed by atoms with Crippen molar-refractivity contribution in [3.63, 3.8) is 0 Å². The standard InChI is InChI=1S/C29H26N4O/c1-3-8-24(9-4-1)28-29(25-10-5-2-6-11-25)32-26(20-31-28)12-7-19-34-27-15-13-23(14-16-27)21-33-18-17-30-22-33/h1-6,8-11,13-18,20,22H,7,12,19,21H2. The lowest BCUT2D eigenvalue weighted by molar-refractivity contribution is 0.310. The largest absolute Gasteiger partial charge is 0.494 e. The molecule has 5 rings (SSSR count). The molecular weight excluding hydrogens is 420 g/mol. The Morgan fingerprint density at radius 3 is 2.15 bits per heavy atom. The van der Waals surface area contributed by atoms with Gasteiger partial charge in [-0.2, -0.15) is 0 Å². The maximum atomic E-state index is 5.96. The third kappa shape index (κ3) is 5.38. The van der Waals surface area contributed by atoms with Gasteiger partial charge >= 0.3 is 0 Å². The normalized spacial score (nSPS) is 10.8. The van der Waals surface area contributed by atoms with Crippen molar-refractivity contribution < 1.29 is 4.74 Å². The van der Waals surface area contributed by atoms with Gasteiger partial charge in [0.05, 0.1) is 30.0 Å². The summed E-state index contributed by atoms with van der Waals surface area (Å²) in [4.78, 5) is 13.9. The van der Waals surface area contributed by atoms with E-state index < -0.39 is 0 Å². The van der Waals surface area contributed by atoms with E-state index in [0.29, 0.717) is 6.61 Å². The van der Waals surface area contributed by atoms with Crippen molar-refractivity contribution in [2.75, 3.05) is 6.61 Å². The Kier molecular flexibility index (Phi) is 6.72. The van der Waals surface area contributed by atoms with E-state index in [-0.39, 0.29) is 0 Å². The maximum absolute atomic E-state index is 5.96. The van der Waals surface area contributed by atoms with Gasteiger partial charge in [0.1, 0.15) is 5.75 Å². The third-order valence-electron chi connectivity index (χ3n) is 5.61. The van der Waals surface area contributed by atoms with Gasteiger partial charge in [-0.05, 0) is 30.5 Å². The first-order valence-corrected chi connectivity index (χ1v) is 11.5. The van der Waals surface area contributed by atoms with Crippen LogP contribution in [0.3, 0.4) is 0 Å². The van der Waals surface area contributed by atoms with Crippen LogP contribution in [-0.2, 0) is 13.0 Å². The highest BCUT2D eigenvalue weighted by molar-refractivity contribution is 5.77. The van der Waals surface area contributed by atoms with E-state index in [4.69, 9.17) is 14.7 Å². The third-order valence-corrected chi connectivity index (χ3v) is 5.61. The van der Waals surface area contributed by atoms with Crippen LogP contribution in [0.25, 0.3) is 22.5 Å². The van der Waals surface area contributed by atoms with Crippen molar-refractivity contribution in [2.45, 2.75) is 19.4 Å². The lowest BCUT2D eigenvalue weighted by Crippen LogP contribution is -2.03. The van der Waals surface area contributed by atoms with Crippen molar-refractivity contribution in [3.8, 4) is 28.3 Å². The van der Waals surface area contributed by atoms with Crippen LogP contribution >= 0.6 is 0 Å². The molecule has 5 heteroatoms. The van der Waals surface area contributed by atoms with Crippen molar-refractivity contribution in [1.82, 2.24) is 19.5 Å². The van der Waals surface area contributed by atoms with Gasteiger partial charge in [-0.15, -0.1) is 0 Å². The lowest BCUT2D eigenvalue weighted by atomic mass is 10.0. The predicted octanol–water partition coefficient (Wildman–Crippen LogP) is 6.07. The molecular formula is C29H26N4O. The number of aryl methyl sites for hydroxylation is 1. The van der Waals surface area contributed by atoms with Crippen molar-refractivity contribution in [1.29, 1.82) is 0 Å². The number of nitrogens with zero attached hydrogens (tertiary/aromatic N) is 4. The van der Waals surface area contributed by atoms with Crippen molar-refractivity contribution in [3.05, 3.63) is 121 Å². The zero-order valence-electron chi connectivity index (χ0n) is 18.9. The molecule has 0 saturated carbocycles. The minimum Gasteiger partial charge on any atom is -0.494 e. The number of benzene rings is 3. The average Bonchev–Trinajstić information content (AvgIpc) is 3.42. The molecule has 168 valence electrons. The quantitative estimate of drug-likeness (QED) is 0.258. The van der Waals surface area contributed by atoms with Crippen LogP contribution in [-0.4, -0.2) is 26.1 Å². The Balaban J connectivity index is 1.22. The summed E-state index contributed by atoms with van der Waals surface area (Å²) < 4.78 is 8.00. The smallest absolute Gasteiger partial charge is 0.119 e. The first-order chi connectivity index (χ1) is 16.8. The van der Waals surface area contributed by atoms with Crippen molar-refractivity contribution >= 4 is 0 Å². The molecule has 0 aliphatic carbocycles. The van der Waals surface area contributed by atoms with Gasteiger partial charge in [0.25, 0.3) is 0 Å². The van der Waals surface area contributed by atoms with Gasteiger partial charge in [0, 0.05) is 36.3 Å². The van der Waals surface area contributed by atoms with E-state index in [1.807, 2.05) is 71.8 Å². The monoisotopic (exact) mass is 446 g/mol. The second kappa shape index (κ2) is 10.6. The summed E-state index contributed by atoms with van der Waals surface area (Å²) in [5, 5.41) is 0. The van der Waals surface area contributed by atoms with Crippen LogP contribution in [0.1, 0.15) is 17.7 Å². The molecule has 0 bridgehead atoms. The first kappa shape index (κ1) is 21.6. The predicted molar refractivity (Wildman–Crippen MR) is 134 cm³/mol. The van der Waals surface area contributed by atoms with E-state index in [1.165, 1.54) is 5.56 Å². The molecule has 0 unspecified atom stereocenters. The Hall–Kier alpha value is -4.25. The fraction of sp³-hybridized carbons (Fsp3) is 0.138. The minimum atomic E-state index is 0.629. The van der Waals surface area contributed by atoms with E-state index in [1.54, 1.807) is 6.20 Å². The second-order valence-corrected chi connectivity index (χ2v) is 8.12. The Bertz CT molecular complexity index is 1300. The SMILES string of the molecule is c1ccc(-c2ncc(CCCOc3ccc(Cn4ccnc4)cc3)nc2-c2ccccc2)cc1. The molecule has 0 amide bonds. The molecule has 5 nitrogen and oxygen atoms in total. The Morgan fingerprint density at radius 1 is 0.765 bits per heavy atom. The molecule has 0 aliphatic heterocycles. The van der Waals surface area contributed by atoms with Crippen LogP contribution in [0, 0.1) is 0 Å². The van der Waals surface area contributed by atoms with Gasteiger partial charge in [-0.25, -0.2) is 9.97 Å². The molecule has 0 N–H and O–H groups in total. The summed E-state index contributed by atoms with van der Waals surface area (Å²) in [6.45, 7) is 1.44. The number of imidazole rings is 1. The zero-order valence-corrected chi connectivity index (χ0v) is 18.9. The maximum Gasteiger partial charge on any atom is 0.119 e. The highest BCUT2D eigenvalue weighted by Crippen LogP contribution is 2.28. The van der Waals surface area contributed by atoms with Crippen LogP contribution < -0.4 is 4.74 Å². The molecule has 0 radical (unpaired) electrons. The van der Waals surface area contributed by atoms with Gasteiger partial charge in [-0.3, -0.25) is 4.98 Å². The number of hydrogen-bond acceptors (Lipinski definition) is 4. The lowest BCUT2D eigenvalue weighted by Gasteiger charge is -2.11. The molecule has 5 aromatic rings. The van der Waals surface area contributed by atoms with E-state index in [0.717, 1.165) is 53.3 Å². The summed E-state index contributed by atoms with van der Waals surface area (Å²) in [5.74, 6) is 0.880. The molecule has 2 aromatic heterocycles. The molecule has 0 atom stereocenters. The summed E-state index contributed by atoms with van der Waals surface area (Å²) >= 11 is 0. The van der Waals surface area contributed by atoms with Gasteiger partial charge in [0.2, 0.25) is 0 Å². The van der Waals surface area contributed by atoms with Crippen LogP contribution in [0.15, 0.2) is 110 Å². The topological polar surface area (TPSA) is 52.8 Å². The zero-order chi connectivity index (χ0) is 23.0. The van der Waals surface area contributed by atoms with Crippen molar-refractivity contribution in [2.24, 2.45) is 0 Å². The highest BCUT2D eigenvalue weighted by atomic mass is 16.5. The summed E-state index contributed by atoms with van der Waals surface area (Å²) in [6.07, 6.45) is 9.14. The second-order valence-electron chi connectivity index (χ2n) is 8.12. The molecule has 0 spiro atoms. The molecule has 3 aromatic carbocycles. The first-order valence-electron chi connectivity index (χ1n) is 11.5. The van der Waals surface area contributed by atoms with Gasteiger partial charge < -0.3 is 9.30 Å². The number of rotatable bonds is 9. The molecule has 0 saturated heterocycles. The summed E-state index contributed by atoms with van der Waals surface area (Å²) in [6, 6.07) is 28.7. The summed E-state index contributed by atoms with van der Waals surface area (Å²) in [5.41, 5.74) is 6.15. The van der Waals surface area contributed by atoms with Crippen LogP contribution in [0.5, 0.6) is 5.75 Å². The van der Waals surface area contributed by atoms with Gasteiger partial charge in [-0.1, -0.05) is 72.8 Å². The Labute approximate surface area is 199 Å². The minimum absolute atomic E-state index is 0.629. The fourth-order valence-electron chi connectivity index (χ4n) is 3.88. The van der Waals surface area contributed by atoms with E-state index in [2.05, 4.69) is 41.4 Å². The number of ether oxygens (including phenoxy) is 1. The van der Waals surface area contributed by atoms with Gasteiger partial charge in [0.15, 0.2) is 0 Å². The Morgan fingerprint density at radius 2 is 1.47 bits per heavy atom. The molecule has 2 heterocycles. The number of aromatic nitrogens is 4.